The number of aromatic nitrogens is 1. The lowest BCUT2D eigenvalue weighted by Gasteiger charge is -2.04. The Morgan fingerprint density at radius 3 is 3.04 bits per heavy atom. The SMILES string of the molecule is C#CCOC(=O)O/N=c1/sc2ccccc2n1CCSCCO. The van der Waals surface area contributed by atoms with E-state index in [1.54, 1.807) is 11.8 Å². The molecular weight excluding hydrogens is 336 g/mol. The molecule has 0 unspecified atom stereocenters. The first-order chi connectivity index (χ1) is 11.3. The van der Waals surface area contributed by atoms with Crippen LogP contribution in [0.5, 0.6) is 0 Å². The maximum Gasteiger partial charge on any atom is 0.536 e. The van der Waals surface area contributed by atoms with Gasteiger partial charge in [-0.2, -0.15) is 11.8 Å². The molecule has 1 aromatic heterocycles. The number of hydrogen-bond acceptors (Lipinski definition) is 7. The summed E-state index contributed by atoms with van der Waals surface area (Å²) >= 11 is 3.06. The number of ether oxygens (including phenoxy) is 1. The standard InChI is InChI=1S/C15H16N2O4S2/c1-2-9-20-15(19)21-16-14-17(7-10-22-11-8-18)12-5-3-4-6-13(12)23-14/h1,3-6,18H,7-11H2/b16-14+. The van der Waals surface area contributed by atoms with Crippen LogP contribution in [0.4, 0.5) is 4.79 Å². The summed E-state index contributed by atoms with van der Waals surface area (Å²) in [6, 6.07) is 7.85. The van der Waals surface area contributed by atoms with Crippen LogP contribution in [0.25, 0.3) is 10.2 Å². The summed E-state index contributed by atoms with van der Waals surface area (Å²) in [6.45, 7) is 0.690. The van der Waals surface area contributed by atoms with Crippen LogP contribution >= 0.6 is 23.1 Å². The van der Waals surface area contributed by atoms with Gasteiger partial charge < -0.3 is 14.4 Å². The number of aryl methyl sites for hydroxylation is 1. The number of thioether (sulfide) groups is 1. The molecule has 0 spiro atoms. The van der Waals surface area contributed by atoms with Gasteiger partial charge >= 0.3 is 6.16 Å². The van der Waals surface area contributed by atoms with Crippen LogP contribution in [-0.4, -0.2) is 40.5 Å². The number of aliphatic hydroxyl groups is 1. The van der Waals surface area contributed by atoms with Crippen molar-refractivity contribution in [1.29, 1.82) is 0 Å². The highest BCUT2D eigenvalue weighted by molar-refractivity contribution is 7.99. The maximum atomic E-state index is 11.3. The second kappa shape index (κ2) is 9.25. The molecule has 23 heavy (non-hydrogen) atoms. The monoisotopic (exact) mass is 352 g/mol. The summed E-state index contributed by atoms with van der Waals surface area (Å²) in [5.74, 6) is 3.68. The predicted molar refractivity (Wildman–Crippen MR) is 91.1 cm³/mol. The molecule has 0 aliphatic carbocycles. The van der Waals surface area contributed by atoms with Gasteiger partial charge in [0.1, 0.15) is 0 Å². The number of carbonyl (C=O) groups is 1. The van der Waals surface area contributed by atoms with Crippen molar-refractivity contribution in [3.8, 4) is 12.3 Å². The Labute approximate surface area is 141 Å². The Kier molecular flexibility index (Phi) is 7.00. The molecule has 1 aromatic carbocycles. The lowest BCUT2D eigenvalue weighted by atomic mass is 10.3. The molecule has 0 fully saturated rings. The minimum absolute atomic E-state index is 0.154. The van der Waals surface area contributed by atoms with Crippen molar-refractivity contribution in [2.45, 2.75) is 6.54 Å². The number of aliphatic hydroxyl groups excluding tert-OH is 1. The highest BCUT2D eigenvalue weighted by Crippen LogP contribution is 2.17. The van der Waals surface area contributed by atoms with Crippen molar-refractivity contribution in [3.63, 3.8) is 0 Å². The number of para-hydroxylation sites is 1. The van der Waals surface area contributed by atoms with Crippen LogP contribution in [0.2, 0.25) is 0 Å². The Morgan fingerprint density at radius 1 is 1.43 bits per heavy atom. The lowest BCUT2D eigenvalue weighted by molar-refractivity contribution is 0.0630. The second-order valence-corrected chi connectivity index (χ2v) is 6.50. The maximum absolute atomic E-state index is 11.3. The minimum atomic E-state index is -0.929. The minimum Gasteiger partial charge on any atom is -0.419 e. The summed E-state index contributed by atoms with van der Waals surface area (Å²) in [6.07, 6.45) is 4.07. The fraction of sp³-hybridized carbons (Fsp3) is 0.333. The molecule has 2 rings (SSSR count). The van der Waals surface area contributed by atoms with Crippen molar-refractivity contribution >= 4 is 39.5 Å². The van der Waals surface area contributed by atoms with Crippen LogP contribution in [0.15, 0.2) is 29.4 Å². The zero-order valence-corrected chi connectivity index (χ0v) is 13.9. The first-order valence-corrected chi connectivity index (χ1v) is 8.81. The smallest absolute Gasteiger partial charge is 0.419 e. The summed E-state index contributed by atoms with van der Waals surface area (Å²) in [7, 11) is 0. The van der Waals surface area contributed by atoms with E-state index in [-0.39, 0.29) is 13.2 Å². The van der Waals surface area contributed by atoms with Crippen LogP contribution in [0.1, 0.15) is 0 Å². The molecule has 122 valence electrons. The zero-order chi connectivity index (χ0) is 16.5. The van der Waals surface area contributed by atoms with Crippen molar-refractivity contribution < 1.29 is 19.5 Å². The number of fused-ring (bicyclic) bond motifs is 1. The van der Waals surface area contributed by atoms with E-state index in [0.717, 1.165) is 16.0 Å². The average molecular weight is 352 g/mol. The summed E-state index contributed by atoms with van der Waals surface area (Å²) in [5, 5.41) is 12.7. The van der Waals surface area contributed by atoms with Crippen molar-refractivity contribution in [3.05, 3.63) is 29.1 Å². The largest absolute Gasteiger partial charge is 0.536 e. The highest BCUT2D eigenvalue weighted by atomic mass is 32.2. The second-order valence-electron chi connectivity index (χ2n) is 4.27. The van der Waals surface area contributed by atoms with Gasteiger partial charge in [0.25, 0.3) is 0 Å². The normalized spacial score (nSPS) is 11.4. The first kappa shape index (κ1) is 17.4. The molecule has 0 radical (unpaired) electrons. The topological polar surface area (TPSA) is 73.0 Å². The van der Waals surface area contributed by atoms with Crippen molar-refractivity contribution in [1.82, 2.24) is 4.57 Å². The summed E-state index contributed by atoms with van der Waals surface area (Å²) in [4.78, 5) is 16.6. The van der Waals surface area contributed by atoms with Gasteiger partial charge in [-0.05, 0) is 17.3 Å². The Morgan fingerprint density at radius 2 is 2.26 bits per heavy atom. The zero-order valence-electron chi connectivity index (χ0n) is 12.3. The summed E-state index contributed by atoms with van der Waals surface area (Å²) in [5.41, 5.74) is 1.02. The molecule has 0 saturated heterocycles. The quantitative estimate of drug-likeness (QED) is 0.271. The van der Waals surface area contributed by atoms with E-state index in [0.29, 0.717) is 17.1 Å². The van der Waals surface area contributed by atoms with E-state index in [9.17, 15) is 4.79 Å². The van der Waals surface area contributed by atoms with Gasteiger partial charge in [-0.3, -0.25) is 4.84 Å². The van der Waals surface area contributed by atoms with Gasteiger partial charge in [0.2, 0.25) is 4.80 Å². The highest BCUT2D eigenvalue weighted by Gasteiger charge is 2.08. The van der Waals surface area contributed by atoms with Gasteiger partial charge in [-0.15, -0.1) is 6.42 Å². The van der Waals surface area contributed by atoms with E-state index >= 15 is 0 Å². The molecule has 0 amide bonds. The number of hydrogen-bond donors (Lipinski definition) is 1. The van der Waals surface area contributed by atoms with E-state index in [4.69, 9.17) is 16.4 Å². The van der Waals surface area contributed by atoms with Crippen molar-refractivity contribution in [2.24, 2.45) is 5.16 Å². The first-order valence-electron chi connectivity index (χ1n) is 6.84. The van der Waals surface area contributed by atoms with Gasteiger partial charge in [0, 0.05) is 18.1 Å². The van der Waals surface area contributed by atoms with Crippen LogP contribution in [-0.2, 0) is 16.1 Å². The van der Waals surface area contributed by atoms with Crippen LogP contribution < -0.4 is 4.80 Å². The number of nitrogens with zero attached hydrogens (tertiary/aromatic N) is 2. The number of carbonyl (C=O) groups excluding carboxylic acids is 1. The van der Waals surface area contributed by atoms with Crippen LogP contribution in [0.3, 0.4) is 0 Å². The van der Waals surface area contributed by atoms with Gasteiger partial charge in [0.15, 0.2) is 6.61 Å². The molecule has 8 heteroatoms. The number of rotatable bonds is 7. The Hall–Kier alpha value is -1.95. The predicted octanol–water partition coefficient (Wildman–Crippen LogP) is 2.03. The van der Waals surface area contributed by atoms with E-state index in [1.807, 2.05) is 28.8 Å². The fourth-order valence-corrected chi connectivity index (χ4v) is 3.48. The van der Waals surface area contributed by atoms with Gasteiger partial charge in [0.05, 0.1) is 16.8 Å². The molecule has 6 nitrogen and oxygen atoms in total. The van der Waals surface area contributed by atoms with Gasteiger partial charge in [-0.25, -0.2) is 4.79 Å². The molecule has 1 N–H and O–H groups in total. The Balaban J connectivity index is 2.20. The molecule has 1 heterocycles. The number of benzene rings is 1. The number of terminal acetylenes is 1. The molecular formula is C15H16N2O4S2. The molecule has 2 aromatic rings. The third-order valence-electron chi connectivity index (χ3n) is 2.75. The van der Waals surface area contributed by atoms with E-state index < -0.39 is 6.16 Å². The third-order valence-corrected chi connectivity index (χ3v) is 4.74. The Bertz CT molecular complexity index is 761. The van der Waals surface area contributed by atoms with E-state index in [1.165, 1.54) is 11.3 Å². The third kappa shape index (κ3) is 5.03. The number of thiazole rings is 1. The average Bonchev–Trinajstić information content (AvgIpc) is 2.92. The fourth-order valence-electron chi connectivity index (χ4n) is 1.83. The van der Waals surface area contributed by atoms with Crippen molar-refractivity contribution in [2.75, 3.05) is 24.7 Å². The summed E-state index contributed by atoms with van der Waals surface area (Å²) < 4.78 is 7.62. The lowest BCUT2D eigenvalue weighted by Crippen LogP contribution is -2.18. The molecule has 0 atom stereocenters. The van der Waals surface area contributed by atoms with E-state index in [2.05, 4.69) is 15.8 Å². The molecule has 0 saturated carbocycles. The van der Waals surface area contributed by atoms with Crippen LogP contribution in [0, 0.1) is 12.3 Å². The van der Waals surface area contributed by atoms with Gasteiger partial charge in [-0.1, -0.05) is 29.4 Å². The molecule has 0 aliphatic rings. The molecule has 0 bridgehead atoms. The molecule has 0 aliphatic heterocycles.